The van der Waals surface area contributed by atoms with Crippen molar-refractivity contribution in [1.29, 1.82) is 0 Å². The second-order valence-corrected chi connectivity index (χ2v) is 5.63. The lowest BCUT2D eigenvalue weighted by atomic mass is 10.1. The number of benzene rings is 1. The van der Waals surface area contributed by atoms with Gasteiger partial charge in [-0.1, -0.05) is 35.0 Å². The van der Waals surface area contributed by atoms with Crippen LogP contribution in [0, 0.1) is 13.8 Å². The van der Waals surface area contributed by atoms with Crippen LogP contribution in [0.3, 0.4) is 0 Å². The molecule has 8 heteroatoms. The summed E-state index contributed by atoms with van der Waals surface area (Å²) < 4.78 is 7.06. The Hall–Kier alpha value is -3.42. The van der Waals surface area contributed by atoms with E-state index < -0.39 is 0 Å². The van der Waals surface area contributed by atoms with Gasteiger partial charge in [0, 0.05) is 18.0 Å². The molecule has 0 amide bonds. The van der Waals surface area contributed by atoms with Crippen LogP contribution >= 0.6 is 0 Å². The van der Waals surface area contributed by atoms with Crippen LogP contribution in [0.15, 0.2) is 47.4 Å². The molecule has 3 aromatic heterocycles. The van der Waals surface area contributed by atoms with Gasteiger partial charge < -0.3 is 4.52 Å². The highest BCUT2D eigenvalue weighted by atomic mass is 16.5. The van der Waals surface area contributed by atoms with Crippen LogP contribution < -0.4 is 0 Å². The summed E-state index contributed by atoms with van der Waals surface area (Å²) in [7, 11) is 0. The molecule has 3 heterocycles. The highest BCUT2D eigenvalue weighted by Gasteiger charge is 2.16. The summed E-state index contributed by atoms with van der Waals surface area (Å²) in [5.41, 5.74) is 2.86. The van der Waals surface area contributed by atoms with Crippen molar-refractivity contribution in [3.8, 4) is 23.1 Å². The summed E-state index contributed by atoms with van der Waals surface area (Å²) in [6, 6.07) is 7.91. The lowest BCUT2D eigenvalue weighted by Crippen LogP contribution is -2.05. The molecule has 0 radical (unpaired) electrons. The Morgan fingerprint density at radius 1 is 1.00 bits per heavy atom. The Bertz CT molecular complexity index is 990. The standard InChI is InChI=1S/C17H15N7O/c1-11-3-5-13(6-4-11)15-21-17(25-23-15)16-20-12(2)24(22-16)10-14-9-18-7-8-19-14/h3-9H,10H2,1-2H3. The second-order valence-electron chi connectivity index (χ2n) is 5.63. The lowest BCUT2D eigenvalue weighted by Gasteiger charge is -2.00. The number of aromatic nitrogens is 7. The third-order valence-electron chi connectivity index (χ3n) is 3.71. The first-order valence-electron chi connectivity index (χ1n) is 7.76. The normalized spacial score (nSPS) is 11.0. The van der Waals surface area contributed by atoms with Crippen molar-refractivity contribution in [2.45, 2.75) is 20.4 Å². The molecule has 0 unspecified atom stereocenters. The molecule has 0 bridgehead atoms. The number of aryl methyl sites for hydroxylation is 2. The average molecular weight is 333 g/mol. The van der Waals surface area contributed by atoms with Gasteiger partial charge in [-0.25, -0.2) is 9.67 Å². The van der Waals surface area contributed by atoms with Gasteiger partial charge in [-0.2, -0.15) is 4.98 Å². The van der Waals surface area contributed by atoms with E-state index in [4.69, 9.17) is 4.52 Å². The molecule has 124 valence electrons. The molecule has 0 N–H and O–H groups in total. The van der Waals surface area contributed by atoms with Gasteiger partial charge in [0.2, 0.25) is 11.6 Å². The van der Waals surface area contributed by atoms with Gasteiger partial charge in [-0.05, 0) is 13.8 Å². The summed E-state index contributed by atoms with van der Waals surface area (Å²) >= 11 is 0. The van der Waals surface area contributed by atoms with E-state index in [0.717, 1.165) is 17.1 Å². The molecule has 8 nitrogen and oxygen atoms in total. The van der Waals surface area contributed by atoms with E-state index in [1.165, 1.54) is 5.56 Å². The predicted octanol–water partition coefficient (Wildman–Crippen LogP) is 2.45. The predicted molar refractivity (Wildman–Crippen MR) is 89.4 cm³/mol. The SMILES string of the molecule is Cc1ccc(-c2noc(-c3nc(C)n(Cc4cnccn4)n3)n2)cc1. The van der Waals surface area contributed by atoms with Crippen molar-refractivity contribution in [2.24, 2.45) is 0 Å². The van der Waals surface area contributed by atoms with Gasteiger partial charge in [0.25, 0.3) is 5.89 Å². The Labute approximate surface area is 143 Å². The minimum absolute atomic E-state index is 0.288. The van der Waals surface area contributed by atoms with Gasteiger partial charge in [-0.3, -0.25) is 9.97 Å². The van der Waals surface area contributed by atoms with E-state index in [1.807, 2.05) is 38.1 Å². The van der Waals surface area contributed by atoms with Crippen molar-refractivity contribution < 1.29 is 4.52 Å². The van der Waals surface area contributed by atoms with Crippen molar-refractivity contribution in [1.82, 2.24) is 34.9 Å². The van der Waals surface area contributed by atoms with Crippen LogP contribution in [0.4, 0.5) is 0 Å². The largest absolute Gasteiger partial charge is 0.330 e. The Kier molecular flexibility index (Phi) is 3.77. The van der Waals surface area contributed by atoms with E-state index in [0.29, 0.717) is 18.2 Å². The molecule has 4 aromatic rings. The van der Waals surface area contributed by atoms with Gasteiger partial charge >= 0.3 is 0 Å². The topological polar surface area (TPSA) is 95.4 Å². The molecular weight excluding hydrogens is 318 g/mol. The Balaban J connectivity index is 1.60. The summed E-state index contributed by atoms with van der Waals surface area (Å²) in [5.74, 6) is 1.93. The summed E-state index contributed by atoms with van der Waals surface area (Å²) in [6.45, 7) is 4.37. The minimum Gasteiger partial charge on any atom is -0.330 e. The zero-order chi connectivity index (χ0) is 17.2. The van der Waals surface area contributed by atoms with Gasteiger partial charge in [0.15, 0.2) is 0 Å². The van der Waals surface area contributed by atoms with Crippen molar-refractivity contribution in [3.63, 3.8) is 0 Å². The molecule has 0 atom stereocenters. The summed E-state index contributed by atoms with van der Waals surface area (Å²) in [4.78, 5) is 17.1. The number of rotatable bonds is 4. The fourth-order valence-corrected chi connectivity index (χ4v) is 2.36. The number of hydrogen-bond donors (Lipinski definition) is 0. The average Bonchev–Trinajstić information content (AvgIpc) is 3.24. The molecule has 0 fully saturated rings. The van der Waals surface area contributed by atoms with Crippen molar-refractivity contribution in [2.75, 3.05) is 0 Å². The molecule has 0 aliphatic rings. The minimum atomic E-state index is 0.288. The molecule has 4 rings (SSSR count). The van der Waals surface area contributed by atoms with E-state index in [-0.39, 0.29) is 5.89 Å². The van der Waals surface area contributed by atoms with Gasteiger partial charge in [-0.15, -0.1) is 5.10 Å². The Morgan fingerprint density at radius 2 is 1.84 bits per heavy atom. The third-order valence-corrected chi connectivity index (χ3v) is 3.71. The van der Waals surface area contributed by atoms with E-state index >= 15 is 0 Å². The first-order chi connectivity index (χ1) is 12.2. The molecule has 25 heavy (non-hydrogen) atoms. The quantitative estimate of drug-likeness (QED) is 0.566. The number of nitrogens with zero attached hydrogens (tertiary/aromatic N) is 7. The highest BCUT2D eigenvalue weighted by Crippen LogP contribution is 2.20. The fraction of sp³-hybridized carbons (Fsp3) is 0.176. The molecular formula is C17H15N7O. The number of hydrogen-bond acceptors (Lipinski definition) is 7. The molecule has 0 aliphatic carbocycles. The first kappa shape index (κ1) is 15.1. The van der Waals surface area contributed by atoms with E-state index in [1.54, 1.807) is 23.3 Å². The smallest absolute Gasteiger partial charge is 0.297 e. The third kappa shape index (κ3) is 3.14. The fourth-order valence-electron chi connectivity index (χ4n) is 2.36. The maximum atomic E-state index is 5.33. The molecule has 1 aromatic carbocycles. The van der Waals surface area contributed by atoms with Crippen LogP contribution in [-0.2, 0) is 6.54 Å². The molecule has 0 spiro atoms. The van der Waals surface area contributed by atoms with Crippen LogP contribution in [-0.4, -0.2) is 34.9 Å². The first-order valence-corrected chi connectivity index (χ1v) is 7.76. The molecule has 0 aliphatic heterocycles. The Morgan fingerprint density at radius 3 is 2.60 bits per heavy atom. The van der Waals surface area contributed by atoms with Crippen LogP contribution in [0.5, 0.6) is 0 Å². The van der Waals surface area contributed by atoms with Crippen molar-refractivity contribution >= 4 is 0 Å². The summed E-state index contributed by atoms with van der Waals surface area (Å²) in [6.07, 6.45) is 4.98. The van der Waals surface area contributed by atoms with Crippen LogP contribution in [0.25, 0.3) is 23.1 Å². The lowest BCUT2D eigenvalue weighted by molar-refractivity contribution is 0.429. The van der Waals surface area contributed by atoms with E-state index in [9.17, 15) is 0 Å². The van der Waals surface area contributed by atoms with Crippen LogP contribution in [0.1, 0.15) is 17.1 Å². The van der Waals surface area contributed by atoms with Crippen LogP contribution in [0.2, 0.25) is 0 Å². The zero-order valence-electron chi connectivity index (χ0n) is 13.8. The second kappa shape index (κ2) is 6.23. The molecule has 0 saturated carbocycles. The van der Waals surface area contributed by atoms with Crippen molar-refractivity contribution in [3.05, 3.63) is 59.9 Å². The molecule has 0 saturated heterocycles. The maximum absolute atomic E-state index is 5.33. The monoisotopic (exact) mass is 333 g/mol. The zero-order valence-corrected chi connectivity index (χ0v) is 13.8. The van der Waals surface area contributed by atoms with Gasteiger partial charge in [0.05, 0.1) is 18.4 Å². The highest BCUT2D eigenvalue weighted by molar-refractivity contribution is 5.57. The summed E-state index contributed by atoms with van der Waals surface area (Å²) in [5, 5.41) is 8.46. The maximum Gasteiger partial charge on any atom is 0.297 e. The van der Waals surface area contributed by atoms with E-state index in [2.05, 4.69) is 30.2 Å². The van der Waals surface area contributed by atoms with Gasteiger partial charge in [0.1, 0.15) is 5.82 Å².